The Hall–Kier alpha value is -2.87. The smallest absolute Gasteiger partial charge is 0.260 e. The minimum absolute atomic E-state index is 0.000916. The molecule has 0 spiro atoms. The highest BCUT2D eigenvalue weighted by atomic mass is 32.2. The second-order valence-electron chi connectivity index (χ2n) is 6.87. The van der Waals surface area contributed by atoms with E-state index in [0.29, 0.717) is 12.4 Å². The van der Waals surface area contributed by atoms with Gasteiger partial charge < -0.3 is 9.88 Å². The van der Waals surface area contributed by atoms with Crippen LogP contribution in [0.1, 0.15) is 39.2 Å². The van der Waals surface area contributed by atoms with Crippen molar-refractivity contribution in [2.45, 2.75) is 30.8 Å². The molecule has 1 atom stereocenters. The number of rotatable bonds is 5. The Morgan fingerprint density at radius 3 is 2.79 bits per heavy atom. The van der Waals surface area contributed by atoms with E-state index < -0.39 is 0 Å². The lowest BCUT2D eigenvalue weighted by Gasteiger charge is -2.19. The number of hydrogen-bond acceptors (Lipinski definition) is 6. The van der Waals surface area contributed by atoms with Gasteiger partial charge in [-0.25, -0.2) is 4.98 Å². The van der Waals surface area contributed by atoms with Crippen LogP contribution in [0.15, 0.2) is 41.8 Å². The lowest BCUT2D eigenvalue weighted by molar-refractivity contribution is 0.0996. The van der Waals surface area contributed by atoms with Crippen LogP contribution in [0.25, 0.3) is 0 Å². The van der Waals surface area contributed by atoms with Gasteiger partial charge in [-0.2, -0.15) is 0 Å². The molecule has 0 fully saturated rings. The molecule has 1 amide bonds. The molecule has 0 radical (unpaired) electrons. The van der Waals surface area contributed by atoms with Gasteiger partial charge in [0.05, 0.1) is 6.54 Å². The maximum atomic E-state index is 13.0. The van der Waals surface area contributed by atoms with Crippen LogP contribution in [0.5, 0.6) is 0 Å². The number of pyridine rings is 1. The predicted molar refractivity (Wildman–Crippen MR) is 111 cm³/mol. The monoisotopic (exact) mass is 394 g/mol. The number of thioether (sulfide) groups is 1. The third-order valence-electron chi connectivity index (χ3n) is 4.99. The van der Waals surface area contributed by atoms with E-state index in [1.54, 1.807) is 23.0 Å². The Kier molecular flexibility index (Phi) is 4.80. The van der Waals surface area contributed by atoms with Gasteiger partial charge in [0.2, 0.25) is 0 Å². The molecular weight excluding hydrogens is 372 g/mol. The molecule has 1 unspecified atom stereocenters. The fraction of sp³-hybridized carbons (Fsp3) is 0.300. The lowest BCUT2D eigenvalue weighted by atomic mass is 10.1. The van der Waals surface area contributed by atoms with Gasteiger partial charge in [0.1, 0.15) is 18.0 Å². The number of carbonyl (C=O) groups is 1. The summed E-state index contributed by atoms with van der Waals surface area (Å²) in [7, 11) is 3.76. The van der Waals surface area contributed by atoms with E-state index in [2.05, 4.69) is 27.4 Å². The Morgan fingerprint density at radius 2 is 2.11 bits per heavy atom. The number of amides is 1. The van der Waals surface area contributed by atoms with Gasteiger partial charge in [-0.3, -0.25) is 9.69 Å². The number of aromatic nitrogens is 4. The number of anilines is 2. The average molecular weight is 395 g/mol. The Balaban J connectivity index is 1.67. The van der Waals surface area contributed by atoms with E-state index >= 15 is 0 Å². The fourth-order valence-electron chi connectivity index (χ4n) is 3.32. The summed E-state index contributed by atoms with van der Waals surface area (Å²) in [6, 6.07) is 9.86. The first-order valence-corrected chi connectivity index (χ1v) is 9.96. The van der Waals surface area contributed by atoms with Crippen molar-refractivity contribution in [3.63, 3.8) is 0 Å². The number of fused-ring (bicyclic) bond motifs is 1. The van der Waals surface area contributed by atoms with Crippen LogP contribution >= 0.6 is 11.8 Å². The zero-order valence-electron chi connectivity index (χ0n) is 16.3. The molecule has 28 heavy (non-hydrogen) atoms. The minimum Gasteiger partial charge on any atom is -0.373 e. The van der Waals surface area contributed by atoms with Crippen LogP contribution in [0.3, 0.4) is 0 Å². The quantitative estimate of drug-likeness (QED) is 0.667. The van der Waals surface area contributed by atoms with Gasteiger partial charge in [0, 0.05) is 24.9 Å². The summed E-state index contributed by atoms with van der Waals surface area (Å²) >= 11 is 1.62. The van der Waals surface area contributed by atoms with E-state index in [0.717, 1.165) is 33.2 Å². The molecule has 3 heterocycles. The first kappa shape index (κ1) is 18.5. The molecule has 0 aliphatic carbocycles. The zero-order valence-corrected chi connectivity index (χ0v) is 17.1. The first-order chi connectivity index (χ1) is 13.5. The van der Waals surface area contributed by atoms with Crippen molar-refractivity contribution in [1.82, 2.24) is 19.7 Å². The molecular formula is C20H22N6OS. The SMILES string of the molecule is CNc1cc(C(C)Sc2nncn2C)cc(N2Cc3c(C)cccc3C2=O)n1. The molecule has 7 nitrogen and oxygen atoms in total. The Morgan fingerprint density at radius 1 is 1.29 bits per heavy atom. The summed E-state index contributed by atoms with van der Waals surface area (Å²) in [5.41, 5.74) is 4.04. The maximum absolute atomic E-state index is 13.0. The van der Waals surface area contributed by atoms with Crippen molar-refractivity contribution in [3.05, 3.63) is 58.9 Å². The third kappa shape index (κ3) is 3.24. The molecule has 0 saturated heterocycles. The zero-order chi connectivity index (χ0) is 19.8. The normalized spacial score (nSPS) is 14.3. The summed E-state index contributed by atoms with van der Waals surface area (Å²) in [6.45, 7) is 4.70. The molecule has 2 aromatic heterocycles. The number of aryl methyl sites for hydroxylation is 2. The highest BCUT2D eigenvalue weighted by molar-refractivity contribution is 7.99. The van der Waals surface area contributed by atoms with Crippen LogP contribution < -0.4 is 10.2 Å². The van der Waals surface area contributed by atoms with E-state index in [-0.39, 0.29) is 11.2 Å². The second kappa shape index (κ2) is 7.27. The van der Waals surface area contributed by atoms with Gasteiger partial charge in [-0.15, -0.1) is 10.2 Å². The van der Waals surface area contributed by atoms with Crippen molar-refractivity contribution >= 4 is 29.3 Å². The summed E-state index contributed by atoms with van der Waals surface area (Å²) in [6.07, 6.45) is 1.69. The number of benzene rings is 1. The van der Waals surface area contributed by atoms with Crippen LogP contribution in [-0.2, 0) is 13.6 Å². The van der Waals surface area contributed by atoms with Crippen molar-refractivity contribution in [1.29, 1.82) is 0 Å². The standard InChI is InChI=1S/C20H22N6OS/c1-12-6-5-7-15-16(12)10-26(19(15)27)18-9-14(8-17(21-3)23-18)13(2)28-20-24-22-11-25(20)4/h5-9,11,13H,10H2,1-4H3,(H,21,23). The molecule has 0 saturated carbocycles. The van der Waals surface area contributed by atoms with Gasteiger partial charge >= 0.3 is 0 Å². The predicted octanol–water partition coefficient (Wildman–Crippen LogP) is 3.57. The van der Waals surface area contributed by atoms with Gasteiger partial charge in [0.15, 0.2) is 5.16 Å². The molecule has 1 aliphatic rings. The van der Waals surface area contributed by atoms with Gasteiger partial charge in [0.25, 0.3) is 5.91 Å². The summed E-state index contributed by atoms with van der Waals surface area (Å²) in [5, 5.41) is 12.2. The van der Waals surface area contributed by atoms with Crippen LogP contribution in [0.4, 0.5) is 11.6 Å². The molecule has 1 aromatic carbocycles. The van der Waals surface area contributed by atoms with E-state index in [4.69, 9.17) is 0 Å². The molecule has 1 N–H and O–H groups in total. The summed E-state index contributed by atoms with van der Waals surface area (Å²) in [5.74, 6) is 1.39. The number of nitrogens with one attached hydrogen (secondary N) is 1. The lowest BCUT2D eigenvalue weighted by Crippen LogP contribution is -2.24. The van der Waals surface area contributed by atoms with Crippen molar-refractivity contribution in [2.24, 2.45) is 7.05 Å². The second-order valence-corrected chi connectivity index (χ2v) is 8.18. The number of nitrogens with zero attached hydrogens (tertiary/aromatic N) is 5. The van der Waals surface area contributed by atoms with Gasteiger partial charge in [-0.1, -0.05) is 23.9 Å². The maximum Gasteiger partial charge on any atom is 0.260 e. The summed E-state index contributed by atoms with van der Waals surface area (Å²) in [4.78, 5) is 19.4. The fourth-order valence-corrected chi connectivity index (χ4v) is 4.21. The van der Waals surface area contributed by atoms with E-state index in [9.17, 15) is 4.79 Å². The van der Waals surface area contributed by atoms with E-state index in [1.807, 2.05) is 55.9 Å². The van der Waals surface area contributed by atoms with Crippen LogP contribution in [-0.4, -0.2) is 32.7 Å². The first-order valence-electron chi connectivity index (χ1n) is 9.08. The van der Waals surface area contributed by atoms with Crippen LogP contribution in [0, 0.1) is 6.92 Å². The number of hydrogen-bond donors (Lipinski definition) is 1. The molecule has 1 aliphatic heterocycles. The molecule has 3 aromatic rings. The van der Waals surface area contributed by atoms with Crippen LogP contribution in [0.2, 0.25) is 0 Å². The highest BCUT2D eigenvalue weighted by Gasteiger charge is 2.31. The molecule has 8 heteroatoms. The molecule has 144 valence electrons. The molecule has 4 rings (SSSR count). The average Bonchev–Trinajstić information content (AvgIpc) is 3.25. The minimum atomic E-state index is -0.000916. The topological polar surface area (TPSA) is 75.9 Å². The summed E-state index contributed by atoms with van der Waals surface area (Å²) < 4.78 is 1.89. The van der Waals surface area contributed by atoms with Crippen molar-refractivity contribution in [2.75, 3.05) is 17.3 Å². The highest BCUT2D eigenvalue weighted by Crippen LogP contribution is 2.37. The third-order valence-corrected chi connectivity index (χ3v) is 6.20. The number of carbonyl (C=O) groups excluding carboxylic acids is 1. The van der Waals surface area contributed by atoms with Crippen molar-refractivity contribution in [3.8, 4) is 0 Å². The van der Waals surface area contributed by atoms with E-state index in [1.165, 1.54) is 0 Å². The van der Waals surface area contributed by atoms with Crippen molar-refractivity contribution < 1.29 is 4.79 Å². The largest absolute Gasteiger partial charge is 0.373 e. The molecule has 0 bridgehead atoms. The Labute approximate surface area is 168 Å². The van der Waals surface area contributed by atoms with Gasteiger partial charge in [-0.05, 0) is 48.7 Å². The Bertz CT molecular complexity index is 1050.